The van der Waals surface area contributed by atoms with E-state index in [9.17, 15) is 8.42 Å². The largest absolute Gasteiger partial charge is 0.388 e. The van der Waals surface area contributed by atoms with Gasteiger partial charge in [0.2, 0.25) is 0 Å². The summed E-state index contributed by atoms with van der Waals surface area (Å²) in [6.45, 7) is 1.80. The molecule has 0 bridgehead atoms. The van der Waals surface area contributed by atoms with Crippen LogP contribution in [0.5, 0.6) is 0 Å². The van der Waals surface area contributed by atoms with Crippen molar-refractivity contribution in [1.29, 1.82) is 0 Å². The van der Waals surface area contributed by atoms with E-state index in [2.05, 4.69) is 15.0 Å². The standard InChI is InChI=1S/C13H15N3O2S/c1-10-9-15-8-7-13(10)16-19(17,18)12-5-3-11(14-2)4-6-12/h3-9,14H,1-2H3,(H,15,16). The molecule has 0 spiro atoms. The average molecular weight is 277 g/mol. The number of pyridine rings is 1. The number of benzene rings is 1. The summed E-state index contributed by atoms with van der Waals surface area (Å²) in [5.41, 5.74) is 2.17. The molecule has 1 aromatic heterocycles. The van der Waals surface area contributed by atoms with E-state index in [4.69, 9.17) is 0 Å². The summed E-state index contributed by atoms with van der Waals surface area (Å²) in [5, 5.41) is 2.94. The number of nitrogens with zero attached hydrogens (tertiary/aromatic N) is 1. The SMILES string of the molecule is CNc1ccc(S(=O)(=O)Nc2ccncc2C)cc1. The Morgan fingerprint density at radius 3 is 2.37 bits per heavy atom. The summed E-state index contributed by atoms with van der Waals surface area (Å²) in [6, 6.07) is 8.19. The summed E-state index contributed by atoms with van der Waals surface area (Å²) < 4.78 is 27.0. The first-order valence-electron chi connectivity index (χ1n) is 5.74. The second kappa shape index (κ2) is 5.27. The Balaban J connectivity index is 2.30. The van der Waals surface area contributed by atoms with Crippen LogP contribution in [-0.2, 0) is 10.0 Å². The van der Waals surface area contributed by atoms with Gasteiger partial charge in [-0.3, -0.25) is 9.71 Å². The molecule has 100 valence electrons. The van der Waals surface area contributed by atoms with E-state index < -0.39 is 10.0 Å². The van der Waals surface area contributed by atoms with Crippen molar-refractivity contribution in [3.05, 3.63) is 48.3 Å². The summed E-state index contributed by atoms with van der Waals surface area (Å²) in [4.78, 5) is 4.15. The highest BCUT2D eigenvalue weighted by atomic mass is 32.2. The van der Waals surface area contributed by atoms with E-state index in [0.29, 0.717) is 5.69 Å². The predicted molar refractivity (Wildman–Crippen MR) is 75.8 cm³/mol. The molecule has 0 saturated carbocycles. The molecule has 6 heteroatoms. The average Bonchev–Trinajstić information content (AvgIpc) is 2.41. The predicted octanol–water partition coefficient (Wildman–Crippen LogP) is 2.23. The lowest BCUT2D eigenvalue weighted by molar-refractivity contribution is 0.601. The minimum absolute atomic E-state index is 0.225. The smallest absolute Gasteiger partial charge is 0.261 e. The molecule has 0 fully saturated rings. The fourth-order valence-electron chi connectivity index (χ4n) is 1.59. The van der Waals surface area contributed by atoms with Crippen molar-refractivity contribution in [1.82, 2.24) is 4.98 Å². The Morgan fingerprint density at radius 2 is 1.79 bits per heavy atom. The maximum absolute atomic E-state index is 12.2. The lowest BCUT2D eigenvalue weighted by Gasteiger charge is -2.10. The van der Waals surface area contributed by atoms with E-state index >= 15 is 0 Å². The van der Waals surface area contributed by atoms with Crippen molar-refractivity contribution in [3.8, 4) is 0 Å². The molecule has 0 saturated heterocycles. The zero-order valence-electron chi connectivity index (χ0n) is 10.7. The molecule has 19 heavy (non-hydrogen) atoms. The highest BCUT2D eigenvalue weighted by Gasteiger charge is 2.14. The third-order valence-corrected chi connectivity index (χ3v) is 4.10. The number of sulfonamides is 1. The highest BCUT2D eigenvalue weighted by Crippen LogP contribution is 2.19. The minimum atomic E-state index is -3.57. The van der Waals surface area contributed by atoms with Gasteiger partial charge in [-0.25, -0.2) is 8.42 Å². The van der Waals surface area contributed by atoms with Gasteiger partial charge in [-0.15, -0.1) is 0 Å². The number of hydrogen-bond acceptors (Lipinski definition) is 4. The minimum Gasteiger partial charge on any atom is -0.388 e. The van der Waals surface area contributed by atoms with Gasteiger partial charge in [-0.05, 0) is 42.8 Å². The van der Waals surface area contributed by atoms with Crippen LogP contribution in [0.15, 0.2) is 47.6 Å². The summed E-state index contributed by atoms with van der Waals surface area (Å²) in [5.74, 6) is 0. The maximum atomic E-state index is 12.2. The van der Waals surface area contributed by atoms with Crippen LogP contribution in [0.25, 0.3) is 0 Å². The number of hydrogen-bond donors (Lipinski definition) is 2. The lowest BCUT2D eigenvalue weighted by Crippen LogP contribution is -2.13. The molecule has 2 rings (SSSR count). The van der Waals surface area contributed by atoms with Gasteiger partial charge in [0.05, 0.1) is 10.6 Å². The zero-order valence-corrected chi connectivity index (χ0v) is 11.5. The van der Waals surface area contributed by atoms with Gasteiger partial charge >= 0.3 is 0 Å². The van der Waals surface area contributed by atoms with Gasteiger partial charge in [0.1, 0.15) is 0 Å². The van der Waals surface area contributed by atoms with Crippen LogP contribution < -0.4 is 10.0 Å². The molecule has 1 aromatic carbocycles. The van der Waals surface area contributed by atoms with E-state index in [0.717, 1.165) is 11.3 Å². The van der Waals surface area contributed by atoms with Gasteiger partial charge in [0.25, 0.3) is 10.0 Å². The monoisotopic (exact) mass is 277 g/mol. The van der Waals surface area contributed by atoms with Gasteiger partial charge in [-0.1, -0.05) is 0 Å². The summed E-state index contributed by atoms with van der Waals surface area (Å²) >= 11 is 0. The molecule has 0 amide bonds. The molecule has 2 aromatic rings. The molecule has 1 heterocycles. The normalized spacial score (nSPS) is 11.1. The molecule has 0 atom stereocenters. The maximum Gasteiger partial charge on any atom is 0.261 e. The van der Waals surface area contributed by atoms with Crippen molar-refractivity contribution in [2.45, 2.75) is 11.8 Å². The van der Waals surface area contributed by atoms with Crippen molar-refractivity contribution in [2.75, 3.05) is 17.1 Å². The van der Waals surface area contributed by atoms with Crippen molar-refractivity contribution >= 4 is 21.4 Å². The van der Waals surface area contributed by atoms with Crippen molar-refractivity contribution in [2.24, 2.45) is 0 Å². The van der Waals surface area contributed by atoms with Gasteiger partial charge in [0.15, 0.2) is 0 Å². The van der Waals surface area contributed by atoms with E-state index in [1.165, 1.54) is 0 Å². The topological polar surface area (TPSA) is 71.1 Å². The summed E-state index contributed by atoms with van der Waals surface area (Å²) in [6.07, 6.45) is 3.16. The van der Waals surface area contributed by atoms with Gasteiger partial charge in [-0.2, -0.15) is 0 Å². The molecule has 0 radical (unpaired) electrons. The lowest BCUT2D eigenvalue weighted by atomic mass is 10.3. The zero-order chi connectivity index (χ0) is 13.9. The number of rotatable bonds is 4. The van der Waals surface area contributed by atoms with E-state index in [1.807, 2.05) is 0 Å². The Hall–Kier alpha value is -2.08. The van der Waals surface area contributed by atoms with Crippen LogP contribution in [0.2, 0.25) is 0 Å². The Morgan fingerprint density at radius 1 is 1.11 bits per heavy atom. The number of aromatic nitrogens is 1. The molecule has 5 nitrogen and oxygen atoms in total. The van der Waals surface area contributed by atoms with Crippen LogP contribution in [0.1, 0.15) is 5.56 Å². The van der Waals surface area contributed by atoms with Gasteiger partial charge < -0.3 is 5.32 Å². The third-order valence-electron chi connectivity index (χ3n) is 2.72. The van der Waals surface area contributed by atoms with E-state index in [-0.39, 0.29) is 4.90 Å². The Kier molecular flexibility index (Phi) is 3.71. The molecule has 0 unspecified atom stereocenters. The van der Waals surface area contributed by atoms with Crippen molar-refractivity contribution < 1.29 is 8.42 Å². The van der Waals surface area contributed by atoms with Crippen LogP contribution in [0, 0.1) is 6.92 Å². The molecule has 0 aliphatic heterocycles. The third kappa shape index (κ3) is 3.03. The molecular formula is C13H15N3O2S. The Labute approximate surface area is 112 Å². The van der Waals surface area contributed by atoms with Crippen LogP contribution >= 0.6 is 0 Å². The van der Waals surface area contributed by atoms with Crippen molar-refractivity contribution in [3.63, 3.8) is 0 Å². The number of nitrogens with one attached hydrogen (secondary N) is 2. The molecule has 2 N–H and O–H groups in total. The quantitative estimate of drug-likeness (QED) is 0.899. The fourth-order valence-corrected chi connectivity index (χ4v) is 2.72. The highest BCUT2D eigenvalue weighted by molar-refractivity contribution is 7.92. The van der Waals surface area contributed by atoms with Crippen LogP contribution in [0.3, 0.4) is 0 Å². The summed E-state index contributed by atoms with van der Waals surface area (Å²) in [7, 11) is -1.79. The van der Waals surface area contributed by atoms with Crippen LogP contribution in [-0.4, -0.2) is 20.4 Å². The second-order valence-electron chi connectivity index (χ2n) is 4.07. The number of aryl methyl sites for hydroxylation is 1. The first-order valence-corrected chi connectivity index (χ1v) is 7.22. The first-order chi connectivity index (χ1) is 9.03. The van der Waals surface area contributed by atoms with E-state index in [1.54, 1.807) is 56.7 Å². The number of anilines is 2. The molecular weight excluding hydrogens is 262 g/mol. The Bertz CT molecular complexity index is 667. The van der Waals surface area contributed by atoms with Gasteiger partial charge in [0, 0.05) is 25.1 Å². The second-order valence-corrected chi connectivity index (χ2v) is 5.75. The molecule has 0 aliphatic carbocycles. The van der Waals surface area contributed by atoms with Crippen LogP contribution in [0.4, 0.5) is 11.4 Å². The fraction of sp³-hybridized carbons (Fsp3) is 0.154. The molecule has 0 aliphatic rings. The first kappa shape index (κ1) is 13.4.